The van der Waals surface area contributed by atoms with Gasteiger partial charge in [0.1, 0.15) is 5.82 Å². The van der Waals surface area contributed by atoms with Crippen LogP contribution in [0.4, 0.5) is 15.8 Å². The van der Waals surface area contributed by atoms with Crippen molar-refractivity contribution in [2.24, 2.45) is 0 Å². The first-order valence-corrected chi connectivity index (χ1v) is 7.84. The molecule has 0 bridgehead atoms. The van der Waals surface area contributed by atoms with E-state index in [9.17, 15) is 22.9 Å². The Morgan fingerprint density at radius 1 is 1.22 bits per heavy atom. The average molecular weight is 340 g/mol. The number of benzene rings is 2. The molecule has 0 heterocycles. The number of ether oxygens (including phenoxy) is 1. The second-order valence-corrected chi connectivity index (χ2v) is 6.34. The summed E-state index contributed by atoms with van der Waals surface area (Å²) in [7, 11) is -2.87. The van der Waals surface area contributed by atoms with Crippen LogP contribution in [0.1, 0.15) is 5.56 Å². The minimum atomic E-state index is -4.11. The molecule has 2 aromatic carbocycles. The van der Waals surface area contributed by atoms with Crippen molar-refractivity contribution >= 4 is 21.4 Å². The molecular weight excluding hydrogens is 327 g/mol. The van der Waals surface area contributed by atoms with Crippen molar-refractivity contribution in [3.8, 4) is 5.75 Å². The lowest BCUT2D eigenvalue weighted by atomic mass is 10.2. The number of nitrogens with one attached hydrogen (secondary N) is 1. The maximum absolute atomic E-state index is 13.3. The van der Waals surface area contributed by atoms with E-state index in [1.165, 1.54) is 31.4 Å². The molecule has 0 aromatic heterocycles. The number of nitro benzene ring substituents is 1. The molecule has 0 saturated heterocycles. The zero-order valence-electron chi connectivity index (χ0n) is 12.2. The Balaban J connectivity index is 2.46. The lowest BCUT2D eigenvalue weighted by molar-refractivity contribution is -0.386. The van der Waals surface area contributed by atoms with Crippen LogP contribution in [0, 0.1) is 22.9 Å². The quantitative estimate of drug-likeness (QED) is 0.666. The molecule has 0 unspecified atom stereocenters. The van der Waals surface area contributed by atoms with Crippen LogP contribution < -0.4 is 9.46 Å². The van der Waals surface area contributed by atoms with E-state index in [1.54, 1.807) is 6.92 Å². The molecule has 122 valence electrons. The highest BCUT2D eigenvalue weighted by Crippen LogP contribution is 2.30. The van der Waals surface area contributed by atoms with E-state index in [0.717, 1.165) is 12.1 Å². The van der Waals surface area contributed by atoms with Crippen LogP contribution in [0.25, 0.3) is 0 Å². The summed E-state index contributed by atoms with van der Waals surface area (Å²) in [5.41, 5.74) is 0.0906. The summed E-state index contributed by atoms with van der Waals surface area (Å²) in [5.74, 6) is -0.662. The molecule has 0 radical (unpaired) electrons. The number of sulfonamides is 1. The highest BCUT2D eigenvalue weighted by Gasteiger charge is 2.22. The van der Waals surface area contributed by atoms with Crippen molar-refractivity contribution in [2.45, 2.75) is 11.8 Å². The molecule has 0 aliphatic heterocycles. The van der Waals surface area contributed by atoms with Gasteiger partial charge >= 0.3 is 5.69 Å². The van der Waals surface area contributed by atoms with Crippen molar-refractivity contribution < 1.29 is 22.5 Å². The summed E-state index contributed by atoms with van der Waals surface area (Å²) >= 11 is 0. The monoisotopic (exact) mass is 340 g/mol. The summed E-state index contributed by atoms with van der Waals surface area (Å²) in [6.07, 6.45) is 0. The van der Waals surface area contributed by atoms with Crippen LogP contribution in [0.2, 0.25) is 0 Å². The molecule has 2 rings (SSSR count). The van der Waals surface area contributed by atoms with Gasteiger partial charge in [-0.3, -0.25) is 14.8 Å². The van der Waals surface area contributed by atoms with Gasteiger partial charge in [0, 0.05) is 6.07 Å². The van der Waals surface area contributed by atoms with Gasteiger partial charge < -0.3 is 4.74 Å². The molecule has 7 nitrogen and oxygen atoms in total. The number of nitro groups is 1. The summed E-state index contributed by atoms with van der Waals surface area (Å²) in [6, 6.07) is 6.89. The predicted molar refractivity (Wildman–Crippen MR) is 81.6 cm³/mol. The molecular formula is C14H13FN2O5S. The maximum Gasteiger partial charge on any atom is 0.312 e. The normalized spacial score (nSPS) is 11.1. The van der Waals surface area contributed by atoms with Crippen LogP contribution in [0.3, 0.4) is 0 Å². The summed E-state index contributed by atoms with van der Waals surface area (Å²) in [6.45, 7) is 1.60. The third-order valence-electron chi connectivity index (χ3n) is 3.10. The average Bonchev–Trinajstić information content (AvgIpc) is 2.50. The predicted octanol–water partition coefficient (Wildman–Crippen LogP) is 2.85. The number of hydrogen-bond donors (Lipinski definition) is 1. The van der Waals surface area contributed by atoms with Crippen molar-refractivity contribution in [1.82, 2.24) is 0 Å². The number of rotatable bonds is 5. The Morgan fingerprint density at radius 2 is 1.91 bits per heavy atom. The van der Waals surface area contributed by atoms with Crippen molar-refractivity contribution in [3.05, 3.63) is 57.9 Å². The van der Waals surface area contributed by atoms with E-state index in [4.69, 9.17) is 4.74 Å². The highest BCUT2D eigenvalue weighted by molar-refractivity contribution is 7.92. The van der Waals surface area contributed by atoms with E-state index < -0.39 is 26.5 Å². The van der Waals surface area contributed by atoms with Crippen LogP contribution >= 0.6 is 0 Å². The minimum absolute atomic E-state index is 0.0588. The van der Waals surface area contributed by atoms with Crippen LogP contribution in [0.15, 0.2) is 41.3 Å². The van der Waals surface area contributed by atoms with Gasteiger partial charge in [-0.05, 0) is 36.8 Å². The Labute approximate surface area is 131 Å². The fraction of sp³-hybridized carbons (Fsp3) is 0.143. The number of anilines is 1. The SMILES string of the molecule is COc1ccc(S(=O)(=O)Nc2cc(F)ccc2C)cc1[N+](=O)[O-]. The van der Waals surface area contributed by atoms with E-state index in [1.807, 2.05) is 0 Å². The van der Waals surface area contributed by atoms with Gasteiger partial charge in [0.2, 0.25) is 0 Å². The highest BCUT2D eigenvalue weighted by atomic mass is 32.2. The molecule has 2 aromatic rings. The minimum Gasteiger partial charge on any atom is -0.490 e. The number of hydrogen-bond acceptors (Lipinski definition) is 5. The molecule has 0 fully saturated rings. The number of halogens is 1. The van der Waals surface area contributed by atoms with Gasteiger partial charge in [-0.2, -0.15) is 0 Å². The molecule has 23 heavy (non-hydrogen) atoms. The van der Waals surface area contributed by atoms with Crippen LogP contribution in [-0.4, -0.2) is 20.5 Å². The van der Waals surface area contributed by atoms with Gasteiger partial charge in [0.25, 0.3) is 10.0 Å². The smallest absolute Gasteiger partial charge is 0.312 e. The lowest BCUT2D eigenvalue weighted by Crippen LogP contribution is -2.14. The third-order valence-corrected chi connectivity index (χ3v) is 4.46. The van der Waals surface area contributed by atoms with Crippen LogP contribution in [-0.2, 0) is 10.0 Å². The first-order chi connectivity index (χ1) is 10.7. The largest absolute Gasteiger partial charge is 0.490 e. The Bertz CT molecular complexity index is 867. The van der Waals surface area contributed by atoms with Gasteiger partial charge in [0.15, 0.2) is 5.75 Å². The molecule has 0 amide bonds. The summed E-state index contributed by atoms with van der Waals surface area (Å²) < 4.78 is 45.0. The van der Waals surface area contributed by atoms with Crippen molar-refractivity contribution in [3.63, 3.8) is 0 Å². The fourth-order valence-corrected chi connectivity index (χ4v) is 3.03. The zero-order valence-corrected chi connectivity index (χ0v) is 13.1. The first-order valence-electron chi connectivity index (χ1n) is 6.36. The van der Waals surface area contributed by atoms with Gasteiger partial charge in [-0.1, -0.05) is 6.07 Å². The summed E-state index contributed by atoms with van der Waals surface area (Å²) in [4.78, 5) is 9.91. The van der Waals surface area contributed by atoms with E-state index >= 15 is 0 Å². The lowest BCUT2D eigenvalue weighted by Gasteiger charge is -2.11. The van der Waals surface area contributed by atoms with Gasteiger partial charge in [-0.15, -0.1) is 0 Å². The third kappa shape index (κ3) is 3.57. The Morgan fingerprint density at radius 3 is 2.52 bits per heavy atom. The van der Waals surface area contributed by atoms with E-state index in [2.05, 4.69) is 4.72 Å². The van der Waals surface area contributed by atoms with Crippen molar-refractivity contribution in [1.29, 1.82) is 0 Å². The van der Waals surface area contributed by atoms with E-state index in [0.29, 0.717) is 5.56 Å². The number of nitrogens with zero attached hydrogens (tertiary/aromatic N) is 1. The molecule has 9 heteroatoms. The van der Waals surface area contributed by atoms with Gasteiger partial charge in [-0.25, -0.2) is 12.8 Å². The molecule has 0 aliphatic carbocycles. The topological polar surface area (TPSA) is 98.5 Å². The zero-order chi connectivity index (χ0) is 17.2. The van der Waals surface area contributed by atoms with Crippen LogP contribution in [0.5, 0.6) is 5.75 Å². The Hall–Kier alpha value is -2.68. The maximum atomic E-state index is 13.3. The standard InChI is InChI=1S/C14H13FN2O5S/c1-9-3-4-10(15)7-12(9)16-23(20,21)11-5-6-14(22-2)13(8-11)17(18)19/h3-8,16H,1-2H3. The Kier molecular flexibility index (Phi) is 4.50. The fourth-order valence-electron chi connectivity index (χ4n) is 1.89. The van der Waals surface area contributed by atoms with E-state index in [-0.39, 0.29) is 16.3 Å². The second kappa shape index (κ2) is 6.21. The number of methoxy groups -OCH3 is 1. The molecule has 0 aliphatic rings. The molecule has 0 spiro atoms. The second-order valence-electron chi connectivity index (χ2n) is 4.66. The molecule has 0 atom stereocenters. The first kappa shape index (κ1) is 16.7. The van der Waals surface area contributed by atoms with Crippen molar-refractivity contribution in [2.75, 3.05) is 11.8 Å². The van der Waals surface area contributed by atoms with Gasteiger partial charge in [0.05, 0.1) is 22.6 Å². The number of aryl methyl sites for hydroxylation is 1. The summed E-state index contributed by atoms with van der Waals surface area (Å²) in [5, 5.41) is 11.0. The molecule has 0 saturated carbocycles. The molecule has 1 N–H and O–H groups in total.